The van der Waals surface area contributed by atoms with E-state index < -0.39 is 6.10 Å². The van der Waals surface area contributed by atoms with Crippen molar-refractivity contribution in [3.05, 3.63) is 28.8 Å². The highest BCUT2D eigenvalue weighted by atomic mass is 35.5. The van der Waals surface area contributed by atoms with Gasteiger partial charge in [-0.05, 0) is 30.7 Å². The molecular formula is C16H27Cl3N2O3. The minimum absolute atomic E-state index is 0. The fraction of sp³-hybridized carbons (Fsp3) is 0.625. The standard InChI is InChI=1S/C16H25ClN2O3.2ClH/c1-13-10-14(17)2-3-16(13)22-12-15(21)11-19-6-4-18(5-7-19)8-9-20;;/h2-3,10,15,20-21H,4-9,11-12H2,1H3;2*1H. The van der Waals surface area contributed by atoms with Gasteiger partial charge in [-0.2, -0.15) is 0 Å². The van der Waals surface area contributed by atoms with Crippen molar-refractivity contribution in [1.82, 2.24) is 9.80 Å². The number of aliphatic hydroxyl groups is 2. The first-order valence-corrected chi connectivity index (χ1v) is 8.09. The summed E-state index contributed by atoms with van der Waals surface area (Å²) in [5.74, 6) is 0.760. The molecule has 0 spiro atoms. The maximum absolute atomic E-state index is 10.1. The Kier molecular flexibility index (Phi) is 12.0. The van der Waals surface area contributed by atoms with Crippen LogP contribution >= 0.6 is 36.4 Å². The van der Waals surface area contributed by atoms with Gasteiger partial charge in [0.15, 0.2) is 0 Å². The molecule has 140 valence electrons. The van der Waals surface area contributed by atoms with E-state index in [0.717, 1.165) is 44.0 Å². The summed E-state index contributed by atoms with van der Waals surface area (Å²) in [7, 11) is 0. The molecule has 0 aromatic heterocycles. The molecule has 0 saturated carbocycles. The Hall–Kier alpha value is -0.270. The van der Waals surface area contributed by atoms with Gasteiger partial charge in [0, 0.05) is 44.3 Å². The zero-order valence-corrected chi connectivity index (χ0v) is 16.2. The average Bonchev–Trinajstić information content (AvgIpc) is 2.49. The van der Waals surface area contributed by atoms with E-state index in [1.54, 1.807) is 6.07 Å². The van der Waals surface area contributed by atoms with Crippen LogP contribution in [0.25, 0.3) is 0 Å². The van der Waals surface area contributed by atoms with Gasteiger partial charge < -0.3 is 14.9 Å². The normalized spacial score (nSPS) is 16.8. The van der Waals surface area contributed by atoms with E-state index in [1.165, 1.54) is 0 Å². The predicted molar refractivity (Wildman–Crippen MR) is 102 cm³/mol. The number of rotatable bonds is 7. The molecule has 0 radical (unpaired) electrons. The Balaban J connectivity index is 0.00000264. The van der Waals surface area contributed by atoms with Crippen LogP contribution < -0.4 is 4.74 Å². The van der Waals surface area contributed by atoms with E-state index in [4.69, 9.17) is 21.4 Å². The van der Waals surface area contributed by atoms with E-state index in [1.807, 2.05) is 19.1 Å². The molecule has 1 fully saturated rings. The van der Waals surface area contributed by atoms with Crippen LogP contribution in [0.3, 0.4) is 0 Å². The van der Waals surface area contributed by atoms with Crippen molar-refractivity contribution in [2.24, 2.45) is 0 Å². The van der Waals surface area contributed by atoms with Crippen LogP contribution in [-0.4, -0.2) is 78.6 Å². The Morgan fingerprint density at radius 1 is 1.17 bits per heavy atom. The van der Waals surface area contributed by atoms with Gasteiger partial charge in [0.05, 0.1) is 6.61 Å². The smallest absolute Gasteiger partial charge is 0.122 e. The summed E-state index contributed by atoms with van der Waals surface area (Å²) in [6, 6.07) is 5.47. The molecule has 0 aliphatic carbocycles. The van der Waals surface area contributed by atoms with Crippen LogP contribution in [0.4, 0.5) is 0 Å². The number of aliphatic hydroxyl groups excluding tert-OH is 2. The largest absolute Gasteiger partial charge is 0.491 e. The van der Waals surface area contributed by atoms with Gasteiger partial charge in [-0.3, -0.25) is 9.80 Å². The van der Waals surface area contributed by atoms with Crippen LogP contribution in [0.5, 0.6) is 5.75 Å². The monoisotopic (exact) mass is 400 g/mol. The van der Waals surface area contributed by atoms with Gasteiger partial charge in [-0.25, -0.2) is 0 Å². The molecule has 5 nitrogen and oxygen atoms in total. The Labute approximate surface area is 161 Å². The molecule has 0 bridgehead atoms. The van der Waals surface area contributed by atoms with Gasteiger partial charge in [-0.1, -0.05) is 11.6 Å². The molecule has 24 heavy (non-hydrogen) atoms. The van der Waals surface area contributed by atoms with Crippen molar-refractivity contribution in [1.29, 1.82) is 0 Å². The van der Waals surface area contributed by atoms with Crippen molar-refractivity contribution in [3.63, 3.8) is 0 Å². The summed E-state index contributed by atoms with van der Waals surface area (Å²) in [6.07, 6.45) is -0.514. The molecule has 1 aliphatic rings. The van der Waals surface area contributed by atoms with Crippen molar-refractivity contribution < 1.29 is 14.9 Å². The Bertz CT molecular complexity index is 472. The molecule has 2 rings (SSSR count). The molecule has 1 aromatic rings. The summed E-state index contributed by atoms with van der Waals surface area (Å²) >= 11 is 5.91. The molecule has 2 N–H and O–H groups in total. The van der Waals surface area contributed by atoms with E-state index in [-0.39, 0.29) is 38.0 Å². The van der Waals surface area contributed by atoms with Crippen LogP contribution in [0.2, 0.25) is 5.02 Å². The summed E-state index contributed by atoms with van der Waals surface area (Å²) in [6.45, 7) is 7.46. The predicted octanol–water partition coefficient (Wildman–Crippen LogP) is 1.84. The third-order valence-electron chi connectivity index (χ3n) is 3.92. The minimum atomic E-state index is -0.514. The molecule has 1 aromatic carbocycles. The zero-order chi connectivity index (χ0) is 15.9. The van der Waals surface area contributed by atoms with E-state index in [2.05, 4.69) is 9.80 Å². The number of β-amino-alcohol motifs (C(OH)–C–C–N with tert-alkyl or cyclic N) is 2. The second kappa shape index (κ2) is 12.1. The van der Waals surface area contributed by atoms with Gasteiger partial charge in [0.25, 0.3) is 0 Å². The minimum Gasteiger partial charge on any atom is -0.491 e. The maximum atomic E-state index is 10.1. The lowest BCUT2D eigenvalue weighted by molar-refractivity contribution is 0.0427. The van der Waals surface area contributed by atoms with E-state index in [0.29, 0.717) is 11.6 Å². The van der Waals surface area contributed by atoms with Crippen LogP contribution in [-0.2, 0) is 0 Å². The lowest BCUT2D eigenvalue weighted by Gasteiger charge is -2.35. The number of benzene rings is 1. The number of halogens is 3. The molecule has 1 aliphatic heterocycles. The lowest BCUT2D eigenvalue weighted by atomic mass is 10.2. The van der Waals surface area contributed by atoms with E-state index >= 15 is 0 Å². The fourth-order valence-electron chi connectivity index (χ4n) is 2.65. The maximum Gasteiger partial charge on any atom is 0.122 e. The van der Waals surface area contributed by atoms with Crippen LogP contribution in [0, 0.1) is 6.92 Å². The molecule has 0 amide bonds. The van der Waals surface area contributed by atoms with Crippen molar-refractivity contribution in [2.75, 3.05) is 52.5 Å². The van der Waals surface area contributed by atoms with Crippen LogP contribution in [0.15, 0.2) is 18.2 Å². The second-order valence-electron chi connectivity index (χ2n) is 5.74. The average molecular weight is 402 g/mol. The van der Waals surface area contributed by atoms with Gasteiger partial charge >= 0.3 is 0 Å². The molecular weight excluding hydrogens is 375 g/mol. The second-order valence-corrected chi connectivity index (χ2v) is 6.18. The first-order chi connectivity index (χ1) is 10.6. The first-order valence-electron chi connectivity index (χ1n) is 7.71. The SMILES string of the molecule is Cc1cc(Cl)ccc1OCC(O)CN1CCN(CCO)CC1.Cl.Cl. The molecule has 1 heterocycles. The zero-order valence-electron chi connectivity index (χ0n) is 13.9. The summed E-state index contributed by atoms with van der Waals surface area (Å²) in [5.41, 5.74) is 0.970. The first kappa shape index (κ1) is 23.7. The number of aryl methyl sites for hydroxylation is 1. The van der Waals surface area contributed by atoms with Crippen molar-refractivity contribution >= 4 is 36.4 Å². The lowest BCUT2D eigenvalue weighted by Crippen LogP contribution is -2.49. The number of nitrogens with zero attached hydrogens (tertiary/aromatic N) is 2. The van der Waals surface area contributed by atoms with E-state index in [9.17, 15) is 5.11 Å². The molecule has 1 saturated heterocycles. The fourth-order valence-corrected chi connectivity index (χ4v) is 2.88. The Morgan fingerprint density at radius 2 is 1.79 bits per heavy atom. The Morgan fingerprint density at radius 3 is 2.38 bits per heavy atom. The highest BCUT2D eigenvalue weighted by Crippen LogP contribution is 2.21. The molecule has 1 atom stereocenters. The highest BCUT2D eigenvalue weighted by molar-refractivity contribution is 6.30. The van der Waals surface area contributed by atoms with Crippen molar-refractivity contribution in [2.45, 2.75) is 13.0 Å². The van der Waals surface area contributed by atoms with Gasteiger partial charge in [0.1, 0.15) is 18.5 Å². The third kappa shape index (κ3) is 7.74. The highest BCUT2D eigenvalue weighted by Gasteiger charge is 2.19. The summed E-state index contributed by atoms with van der Waals surface area (Å²) in [5, 5.41) is 19.7. The van der Waals surface area contributed by atoms with Gasteiger partial charge in [-0.15, -0.1) is 24.8 Å². The topological polar surface area (TPSA) is 56.2 Å². The number of ether oxygens (including phenoxy) is 1. The number of hydrogen-bond acceptors (Lipinski definition) is 5. The number of piperazine rings is 1. The molecule has 8 heteroatoms. The van der Waals surface area contributed by atoms with Crippen molar-refractivity contribution in [3.8, 4) is 5.75 Å². The number of hydrogen-bond donors (Lipinski definition) is 2. The summed E-state index contributed by atoms with van der Waals surface area (Å²) in [4.78, 5) is 4.47. The van der Waals surface area contributed by atoms with Crippen LogP contribution in [0.1, 0.15) is 5.56 Å². The summed E-state index contributed by atoms with van der Waals surface area (Å²) < 4.78 is 5.68. The van der Waals surface area contributed by atoms with Gasteiger partial charge in [0.2, 0.25) is 0 Å². The third-order valence-corrected chi connectivity index (χ3v) is 4.15. The quantitative estimate of drug-likeness (QED) is 0.730. The molecule has 1 unspecified atom stereocenters.